The summed E-state index contributed by atoms with van der Waals surface area (Å²) in [6.45, 7) is 1.56. The van der Waals surface area contributed by atoms with Gasteiger partial charge < -0.3 is 15.0 Å². The van der Waals surface area contributed by atoms with Crippen LogP contribution < -0.4 is 5.32 Å². The number of amides is 2. The van der Waals surface area contributed by atoms with E-state index in [0.717, 1.165) is 6.42 Å². The maximum Gasteiger partial charge on any atom is 0.330 e. The predicted molar refractivity (Wildman–Crippen MR) is 91.8 cm³/mol. The SMILES string of the molecule is C[C@@]12CCC(=O)N1[C@H](C(=O)OCC(=O)Nc1cccc(Cl)c1)CS2. The minimum Gasteiger partial charge on any atom is -0.454 e. The van der Waals surface area contributed by atoms with Crippen LogP contribution in [0.15, 0.2) is 24.3 Å². The lowest BCUT2D eigenvalue weighted by atomic mass is 10.2. The number of fused-ring (bicyclic) bond motifs is 1. The zero-order valence-corrected chi connectivity index (χ0v) is 14.7. The average Bonchev–Trinajstić information content (AvgIpc) is 3.02. The van der Waals surface area contributed by atoms with E-state index in [0.29, 0.717) is 22.9 Å². The Labute approximate surface area is 148 Å². The minimum absolute atomic E-state index is 0.0344. The normalized spacial score (nSPS) is 25.5. The number of halogens is 1. The average molecular weight is 369 g/mol. The lowest BCUT2D eigenvalue weighted by molar-refractivity contribution is -0.155. The van der Waals surface area contributed by atoms with Crippen LogP contribution in [0, 0.1) is 0 Å². The third-order valence-electron chi connectivity index (χ3n) is 4.17. The number of carbonyl (C=O) groups excluding carboxylic acids is 3. The fraction of sp³-hybridized carbons (Fsp3) is 0.438. The molecule has 2 amide bonds. The van der Waals surface area contributed by atoms with Crippen molar-refractivity contribution in [2.24, 2.45) is 0 Å². The van der Waals surface area contributed by atoms with Crippen LogP contribution in [0.2, 0.25) is 5.02 Å². The summed E-state index contributed by atoms with van der Waals surface area (Å²) in [5.74, 6) is -0.529. The van der Waals surface area contributed by atoms with Crippen LogP contribution in [0.25, 0.3) is 0 Å². The highest BCUT2D eigenvalue weighted by Crippen LogP contribution is 2.47. The molecule has 0 radical (unpaired) electrons. The Balaban J connectivity index is 1.54. The number of esters is 1. The highest BCUT2D eigenvalue weighted by molar-refractivity contribution is 8.01. The summed E-state index contributed by atoms with van der Waals surface area (Å²) in [6, 6.07) is 6.07. The molecule has 2 atom stereocenters. The van der Waals surface area contributed by atoms with Gasteiger partial charge in [0.2, 0.25) is 5.91 Å². The molecule has 1 aromatic rings. The van der Waals surface area contributed by atoms with E-state index >= 15 is 0 Å². The van der Waals surface area contributed by atoms with Gasteiger partial charge in [-0.15, -0.1) is 11.8 Å². The van der Waals surface area contributed by atoms with Gasteiger partial charge in [-0.05, 0) is 31.5 Å². The molecule has 0 bridgehead atoms. The molecule has 0 saturated carbocycles. The molecular weight excluding hydrogens is 352 g/mol. The van der Waals surface area contributed by atoms with Gasteiger partial charge in [-0.1, -0.05) is 17.7 Å². The molecule has 1 aromatic carbocycles. The van der Waals surface area contributed by atoms with Crippen LogP contribution >= 0.6 is 23.4 Å². The van der Waals surface area contributed by atoms with E-state index < -0.39 is 24.5 Å². The predicted octanol–water partition coefficient (Wildman–Crippen LogP) is 2.28. The van der Waals surface area contributed by atoms with Gasteiger partial charge in [-0.25, -0.2) is 4.79 Å². The first-order valence-corrected chi connectivity index (χ1v) is 8.93. The van der Waals surface area contributed by atoms with Crippen molar-refractivity contribution < 1.29 is 19.1 Å². The summed E-state index contributed by atoms with van der Waals surface area (Å²) in [6.07, 6.45) is 1.18. The first-order valence-electron chi connectivity index (χ1n) is 7.57. The number of nitrogens with one attached hydrogen (secondary N) is 1. The molecule has 0 aromatic heterocycles. The van der Waals surface area contributed by atoms with Crippen molar-refractivity contribution in [3.8, 4) is 0 Å². The lowest BCUT2D eigenvalue weighted by Gasteiger charge is -2.29. The number of thioether (sulfide) groups is 1. The van der Waals surface area contributed by atoms with Gasteiger partial charge in [0.15, 0.2) is 6.61 Å². The molecule has 2 fully saturated rings. The van der Waals surface area contributed by atoms with E-state index in [1.54, 1.807) is 40.9 Å². The van der Waals surface area contributed by atoms with Crippen LogP contribution in [0.5, 0.6) is 0 Å². The number of carbonyl (C=O) groups is 3. The molecular formula is C16H17ClN2O4S. The van der Waals surface area contributed by atoms with Gasteiger partial charge in [0.1, 0.15) is 6.04 Å². The first kappa shape index (κ1) is 17.1. The van der Waals surface area contributed by atoms with E-state index in [-0.39, 0.29) is 10.8 Å². The summed E-state index contributed by atoms with van der Waals surface area (Å²) < 4.78 is 5.10. The molecule has 24 heavy (non-hydrogen) atoms. The Kier molecular flexibility index (Phi) is 4.73. The van der Waals surface area contributed by atoms with Crippen LogP contribution in [-0.2, 0) is 19.1 Å². The van der Waals surface area contributed by atoms with Crippen molar-refractivity contribution in [2.45, 2.75) is 30.7 Å². The van der Waals surface area contributed by atoms with Crippen LogP contribution in [0.4, 0.5) is 5.69 Å². The molecule has 6 nitrogen and oxygen atoms in total. The number of benzene rings is 1. The number of rotatable bonds is 4. The van der Waals surface area contributed by atoms with Crippen LogP contribution in [0.1, 0.15) is 19.8 Å². The van der Waals surface area contributed by atoms with Gasteiger partial charge in [-0.3, -0.25) is 9.59 Å². The molecule has 128 valence electrons. The molecule has 2 aliphatic heterocycles. The summed E-state index contributed by atoms with van der Waals surface area (Å²) in [5.41, 5.74) is 0.530. The molecule has 2 saturated heterocycles. The van der Waals surface area contributed by atoms with Crippen molar-refractivity contribution in [2.75, 3.05) is 17.7 Å². The molecule has 3 rings (SSSR count). The largest absolute Gasteiger partial charge is 0.454 e. The molecule has 0 spiro atoms. The summed E-state index contributed by atoms with van der Waals surface area (Å²) in [7, 11) is 0. The summed E-state index contributed by atoms with van der Waals surface area (Å²) in [5, 5.41) is 3.10. The van der Waals surface area contributed by atoms with Crippen molar-refractivity contribution in [1.82, 2.24) is 4.90 Å². The van der Waals surface area contributed by atoms with Gasteiger partial charge in [0.05, 0.1) is 4.87 Å². The Morgan fingerprint density at radius 2 is 2.29 bits per heavy atom. The second kappa shape index (κ2) is 6.64. The summed E-state index contributed by atoms with van der Waals surface area (Å²) in [4.78, 5) is 37.4. The third kappa shape index (κ3) is 3.37. The van der Waals surface area contributed by atoms with Gasteiger partial charge in [-0.2, -0.15) is 0 Å². The van der Waals surface area contributed by atoms with Crippen molar-refractivity contribution >= 4 is 46.8 Å². The second-order valence-electron chi connectivity index (χ2n) is 5.93. The van der Waals surface area contributed by atoms with E-state index in [1.165, 1.54) is 0 Å². The van der Waals surface area contributed by atoms with Crippen molar-refractivity contribution in [3.05, 3.63) is 29.3 Å². The fourth-order valence-electron chi connectivity index (χ4n) is 2.99. The number of ether oxygens (including phenoxy) is 1. The first-order chi connectivity index (χ1) is 11.4. The van der Waals surface area contributed by atoms with Crippen LogP contribution in [0.3, 0.4) is 0 Å². The molecule has 8 heteroatoms. The Hall–Kier alpha value is -1.73. The van der Waals surface area contributed by atoms with Crippen LogP contribution in [-0.4, -0.2) is 46.0 Å². The lowest BCUT2D eigenvalue weighted by Crippen LogP contribution is -2.47. The monoisotopic (exact) mass is 368 g/mol. The standard InChI is InChI=1S/C16H17ClN2O4S/c1-16-6-5-14(21)19(16)12(9-24-16)15(22)23-8-13(20)18-11-4-2-3-10(17)7-11/h2-4,7,12H,5-6,8-9H2,1H3,(H,18,20)/t12-,16+/m0/s1. The second-order valence-corrected chi connectivity index (χ2v) is 7.87. The molecule has 0 unspecified atom stereocenters. The maximum absolute atomic E-state index is 12.3. The highest BCUT2D eigenvalue weighted by Gasteiger charge is 2.53. The maximum atomic E-state index is 12.3. The summed E-state index contributed by atoms with van der Waals surface area (Å²) >= 11 is 7.43. The third-order valence-corrected chi connectivity index (χ3v) is 5.91. The topological polar surface area (TPSA) is 75.7 Å². The van der Waals surface area contributed by atoms with Gasteiger partial charge >= 0.3 is 5.97 Å². The van der Waals surface area contributed by atoms with Crippen molar-refractivity contribution in [1.29, 1.82) is 0 Å². The Morgan fingerprint density at radius 1 is 1.50 bits per heavy atom. The zero-order valence-electron chi connectivity index (χ0n) is 13.1. The zero-order chi connectivity index (χ0) is 17.3. The van der Waals surface area contributed by atoms with E-state index in [1.807, 2.05) is 6.92 Å². The number of hydrogen-bond donors (Lipinski definition) is 1. The van der Waals surface area contributed by atoms with E-state index in [9.17, 15) is 14.4 Å². The van der Waals surface area contributed by atoms with E-state index in [2.05, 4.69) is 5.32 Å². The minimum atomic E-state index is -0.617. The number of hydrogen-bond acceptors (Lipinski definition) is 5. The van der Waals surface area contributed by atoms with Gasteiger partial charge in [0, 0.05) is 22.9 Å². The Bertz CT molecular complexity index is 698. The van der Waals surface area contributed by atoms with Gasteiger partial charge in [0.25, 0.3) is 5.91 Å². The molecule has 2 heterocycles. The molecule has 0 aliphatic carbocycles. The van der Waals surface area contributed by atoms with E-state index in [4.69, 9.17) is 16.3 Å². The van der Waals surface area contributed by atoms with Crippen molar-refractivity contribution in [3.63, 3.8) is 0 Å². The number of nitrogens with zero attached hydrogens (tertiary/aromatic N) is 1. The molecule has 1 N–H and O–H groups in total. The smallest absolute Gasteiger partial charge is 0.330 e. The molecule has 2 aliphatic rings. The fourth-order valence-corrected chi connectivity index (χ4v) is 4.60. The number of anilines is 1. The highest BCUT2D eigenvalue weighted by atomic mass is 35.5. The quantitative estimate of drug-likeness (QED) is 0.825. The Morgan fingerprint density at radius 3 is 3.04 bits per heavy atom.